The Kier molecular flexibility index (Phi) is 6.67. The van der Waals surface area contributed by atoms with Crippen molar-refractivity contribution in [3.05, 3.63) is 162 Å². The molecule has 0 unspecified atom stereocenters. The number of fused-ring (bicyclic) bond motifs is 9. The van der Waals surface area contributed by atoms with Crippen molar-refractivity contribution >= 4 is 43.7 Å². The summed E-state index contributed by atoms with van der Waals surface area (Å²) in [6.07, 6.45) is 1.01. The first-order chi connectivity index (χ1) is 24.9. The Morgan fingerprint density at radius 3 is 1.98 bits per heavy atom. The van der Waals surface area contributed by atoms with Crippen LogP contribution in [0.2, 0.25) is 0 Å². The molecule has 2 aromatic heterocycles. The number of furan rings is 1. The van der Waals surface area contributed by atoms with Crippen LogP contribution in [0.25, 0.3) is 82.8 Å². The first-order valence-electron chi connectivity index (χ1n) is 18.3. The normalized spacial score (nSPS) is 12.6. The molecule has 0 atom stereocenters. The fourth-order valence-electron chi connectivity index (χ4n) is 8.71. The van der Waals surface area contributed by atoms with Gasteiger partial charge in [-0.05, 0) is 116 Å². The number of hydrogen-bond acceptors (Lipinski definition) is 1. The van der Waals surface area contributed by atoms with Crippen molar-refractivity contribution < 1.29 is 4.42 Å². The van der Waals surface area contributed by atoms with Gasteiger partial charge < -0.3 is 8.98 Å². The van der Waals surface area contributed by atoms with Gasteiger partial charge in [0, 0.05) is 21.5 Å². The van der Waals surface area contributed by atoms with Gasteiger partial charge in [0.2, 0.25) is 0 Å². The van der Waals surface area contributed by atoms with E-state index in [0.717, 1.165) is 34.0 Å². The van der Waals surface area contributed by atoms with Gasteiger partial charge in [-0.25, -0.2) is 0 Å². The van der Waals surface area contributed by atoms with Gasteiger partial charge in [0.1, 0.15) is 5.58 Å². The summed E-state index contributed by atoms with van der Waals surface area (Å²) < 4.78 is 9.17. The van der Waals surface area contributed by atoms with Crippen molar-refractivity contribution in [2.24, 2.45) is 0 Å². The zero-order valence-electron chi connectivity index (χ0n) is 29.5. The van der Waals surface area contributed by atoms with Crippen molar-refractivity contribution in [1.29, 1.82) is 0 Å². The molecule has 2 heteroatoms. The maximum atomic E-state index is 6.77. The highest BCUT2D eigenvalue weighted by Gasteiger charge is 2.22. The van der Waals surface area contributed by atoms with Gasteiger partial charge in [-0.15, -0.1) is 0 Å². The number of aromatic nitrogens is 1. The summed E-state index contributed by atoms with van der Waals surface area (Å²) in [5, 5.41) is 4.77. The van der Waals surface area contributed by atoms with Gasteiger partial charge in [-0.3, -0.25) is 0 Å². The lowest BCUT2D eigenvalue weighted by molar-refractivity contribution is 0.666. The molecule has 0 amide bonds. The molecule has 2 nitrogen and oxygen atoms in total. The van der Waals surface area contributed by atoms with Crippen LogP contribution in [0.5, 0.6) is 0 Å². The fraction of sp³-hybridized carbons (Fsp3) is 0.143. The van der Waals surface area contributed by atoms with E-state index in [-0.39, 0.29) is 0 Å². The van der Waals surface area contributed by atoms with Crippen LogP contribution >= 0.6 is 0 Å². The summed E-state index contributed by atoms with van der Waals surface area (Å²) in [7, 11) is 0. The van der Waals surface area contributed by atoms with Gasteiger partial charge in [-0.1, -0.05) is 125 Å². The predicted octanol–water partition coefficient (Wildman–Crippen LogP) is 13.8. The molecule has 9 aromatic rings. The molecule has 10 rings (SSSR count). The second kappa shape index (κ2) is 11.3. The van der Waals surface area contributed by atoms with Crippen molar-refractivity contribution in [3.63, 3.8) is 0 Å². The first-order valence-corrected chi connectivity index (χ1v) is 18.3. The number of benzene rings is 7. The standard InChI is InChI=1S/C49H39NO/c1-29(2)36-14-9-15-37(30(3)4)48(36)35-21-23-45-42(28-35)39-13-7-8-17-44(39)50(45)46-18-10-16-40-43-27-32(22-24-47(43)51-49(40)46)31-19-20-34-25-33-11-5-6-12-38(33)41(34)26-31/h5-24,26-30H,25H2,1-4H3. The van der Waals surface area contributed by atoms with E-state index >= 15 is 0 Å². The molecular weight excluding hydrogens is 619 g/mol. The highest BCUT2D eigenvalue weighted by Crippen LogP contribution is 2.43. The highest BCUT2D eigenvalue weighted by atomic mass is 16.3. The van der Waals surface area contributed by atoms with Crippen LogP contribution in [-0.4, -0.2) is 4.57 Å². The molecule has 246 valence electrons. The van der Waals surface area contributed by atoms with E-state index in [9.17, 15) is 0 Å². The van der Waals surface area contributed by atoms with E-state index in [0.29, 0.717) is 11.8 Å². The topological polar surface area (TPSA) is 18.1 Å². The van der Waals surface area contributed by atoms with Gasteiger partial charge in [0.15, 0.2) is 5.58 Å². The van der Waals surface area contributed by atoms with Crippen LogP contribution in [0.15, 0.2) is 144 Å². The minimum atomic E-state index is 0.432. The summed E-state index contributed by atoms with van der Waals surface area (Å²) in [6.45, 7) is 9.20. The minimum absolute atomic E-state index is 0.432. The van der Waals surface area contributed by atoms with E-state index in [1.165, 1.54) is 77.4 Å². The van der Waals surface area contributed by atoms with Crippen molar-refractivity contribution in [3.8, 4) is 39.1 Å². The van der Waals surface area contributed by atoms with Crippen LogP contribution < -0.4 is 0 Å². The molecule has 51 heavy (non-hydrogen) atoms. The van der Waals surface area contributed by atoms with E-state index < -0.39 is 0 Å². The zero-order chi connectivity index (χ0) is 34.4. The molecule has 2 heterocycles. The Bertz CT molecular complexity index is 2820. The second-order valence-electron chi connectivity index (χ2n) is 14.9. The Morgan fingerprint density at radius 1 is 0.490 bits per heavy atom. The number of hydrogen-bond donors (Lipinski definition) is 0. The van der Waals surface area contributed by atoms with Crippen molar-refractivity contribution in [2.75, 3.05) is 0 Å². The lowest BCUT2D eigenvalue weighted by Crippen LogP contribution is -2.00. The summed E-state index contributed by atoms with van der Waals surface area (Å²) in [5.74, 6) is 0.864. The lowest BCUT2D eigenvalue weighted by Gasteiger charge is -2.20. The maximum Gasteiger partial charge on any atom is 0.159 e. The molecule has 0 saturated carbocycles. The minimum Gasteiger partial charge on any atom is -0.454 e. The summed E-state index contributed by atoms with van der Waals surface area (Å²) in [5.41, 5.74) is 18.7. The smallest absolute Gasteiger partial charge is 0.159 e. The summed E-state index contributed by atoms with van der Waals surface area (Å²) >= 11 is 0. The Labute approximate surface area is 298 Å². The molecule has 0 spiro atoms. The fourth-order valence-corrected chi connectivity index (χ4v) is 8.71. The molecule has 0 radical (unpaired) electrons. The monoisotopic (exact) mass is 657 g/mol. The number of rotatable bonds is 5. The third-order valence-corrected chi connectivity index (χ3v) is 11.2. The summed E-state index contributed by atoms with van der Waals surface area (Å²) in [6, 6.07) is 51.7. The van der Waals surface area contributed by atoms with E-state index in [2.05, 4.69) is 172 Å². The Balaban J connectivity index is 1.15. The lowest BCUT2D eigenvalue weighted by atomic mass is 9.85. The molecular formula is C49H39NO. The van der Waals surface area contributed by atoms with Crippen LogP contribution in [-0.2, 0) is 6.42 Å². The quantitative estimate of drug-likeness (QED) is 0.180. The molecule has 1 aliphatic rings. The zero-order valence-corrected chi connectivity index (χ0v) is 29.5. The molecule has 7 aromatic carbocycles. The SMILES string of the molecule is CC(C)c1cccc(C(C)C)c1-c1ccc2c(c1)c1ccccc1n2-c1cccc2c1oc1ccc(-c3ccc4c(c3)-c3ccccc3C4)cc12. The molecule has 0 fully saturated rings. The molecule has 1 aliphatic carbocycles. The van der Waals surface area contributed by atoms with Gasteiger partial charge >= 0.3 is 0 Å². The highest BCUT2D eigenvalue weighted by molar-refractivity contribution is 6.14. The number of para-hydroxylation sites is 2. The van der Waals surface area contributed by atoms with Gasteiger partial charge in [0.05, 0.1) is 16.7 Å². The van der Waals surface area contributed by atoms with Crippen molar-refractivity contribution in [1.82, 2.24) is 4.57 Å². The van der Waals surface area contributed by atoms with Crippen LogP contribution in [0.1, 0.15) is 61.8 Å². The molecule has 0 aliphatic heterocycles. The van der Waals surface area contributed by atoms with Crippen LogP contribution in [0, 0.1) is 0 Å². The number of nitrogens with zero attached hydrogens (tertiary/aromatic N) is 1. The average Bonchev–Trinajstić information content (AvgIpc) is 3.83. The molecule has 0 N–H and O–H groups in total. The van der Waals surface area contributed by atoms with E-state index in [1.54, 1.807) is 0 Å². The van der Waals surface area contributed by atoms with Gasteiger partial charge in [-0.2, -0.15) is 0 Å². The molecule has 0 saturated heterocycles. The molecule has 0 bridgehead atoms. The largest absolute Gasteiger partial charge is 0.454 e. The summed E-state index contributed by atoms with van der Waals surface area (Å²) in [4.78, 5) is 0. The maximum absolute atomic E-state index is 6.77. The third-order valence-electron chi connectivity index (χ3n) is 11.2. The van der Waals surface area contributed by atoms with E-state index in [1.807, 2.05) is 0 Å². The Hall–Kier alpha value is -5.86. The van der Waals surface area contributed by atoms with Crippen LogP contribution in [0.4, 0.5) is 0 Å². The predicted molar refractivity (Wildman–Crippen MR) is 215 cm³/mol. The second-order valence-corrected chi connectivity index (χ2v) is 14.9. The first kappa shape index (κ1) is 30.0. The van der Waals surface area contributed by atoms with Gasteiger partial charge in [0.25, 0.3) is 0 Å². The van der Waals surface area contributed by atoms with E-state index in [4.69, 9.17) is 4.42 Å². The van der Waals surface area contributed by atoms with Crippen molar-refractivity contribution in [2.45, 2.75) is 46.0 Å². The third kappa shape index (κ3) is 4.56. The Morgan fingerprint density at radius 2 is 1.14 bits per heavy atom. The average molecular weight is 658 g/mol. The van der Waals surface area contributed by atoms with Crippen LogP contribution in [0.3, 0.4) is 0 Å².